The number of benzene rings is 7. The van der Waals surface area contributed by atoms with E-state index in [1.165, 1.54) is 81.4 Å². The van der Waals surface area contributed by atoms with Gasteiger partial charge in [-0.3, -0.25) is 0 Å². The Hall–Kier alpha value is -5.18. The Morgan fingerprint density at radius 3 is 2.00 bits per heavy atom. The number of nitrogens with zero attached hydrogens (tertiary/aromatic N) is 1. The summed E-state index contributed by atoms with van der Waals surface area (Å²) in [5.74, 6) is 0. The van der Waals surface area contributed by atoms with E-state index in [9.17, 15) is 0 Å². The average molecular weight is 594 g/mol. The van der Waals surface area contributed by atoms with Gasteiger partial charge in [0, 0.05) is 36.5 Å². The van der Waals surface area contributed by atoms with Crippen LogP contribution in [-0.2, 0) is 5.41 Å². The lowest BCUT2D eigenvalue weighted by Crippen LogP contribution is -2.21. The van der Waals surface area contributed by atoms with Crippen LogP contribution in [0.2, 0.25) is 0 Å². The van der Waals surface area contributed by atoms with E-state index in [0.717, 1.165) is 0 Å². The van der Waals surface area contributed by atoms with Crippen LogP contribution in [0.4, 0.5) is 17.1 Å². The Kier molecular flexibility index (Phi) is 5.78. The molecule has 45 heavy (non-hydrogen) atoms. The summed E-state index contributed by atoms with van der Waals surface area (Å²) in [7, 11) is 0. The first-order valence-corrected chi connectivity index (χ1v) is 16.4. The summed E-state index contributed by atoms with van der Waals surface area (Å²) in [6, 6.07) is 55.9. The molecule has 1 nitrogen and oxygen atoms in total. The molecule has 1 aliphatic carbocycles. The van der Waals surface area contributed by atoms with Crippen molar-refractivity contribution in [2.75, 3.05) is 4.90 Å². The monoisotopic (exact) mass is 593 g/mol. The highest BCUT2D eigenvalue weighted by Crippen LogP contribution is 2.55. The molecule has 0 amide bonds. The zero-order valence-electron chi connectivity index (χ0n) is 25.3. The summed E-state index contributed by atoms with van der Waals surface area (Å²) < 4.78 is 2.65. The van der Waals surface area contributed by atoms with E-state index < -0.39 is 0 Å². The number of anilines is 3. The van der Waals surface area contributed by atoms with Crippen molar-refractivity contribution in [3.05, 3.63) is 163 Å². The van der Waals surface area contributed by atoms with Crippen LogP contribution in [-0.4, -0.2) is 0 Å². The maximum absolute atomic E-state index is 2.53. The molecule has 0 saturated carbocycles. The van der Waals surface area contributed by atoms with E-state index in [1.807, 2.05) is 11.3 Å². The van der Waals surface area contributed by atoms with E-state index in [2.05, 4.69) is 170 Å². The fourth-order valence-electron chi connectivity index (χ4n) is 7.60. The summed E-state index contributed by atoms with van der Waals surface area (Å²) in [5.41, 5.74) is 11.3. The lowest BCUT2D eigenvalue weighted by Gasteiger charge is -2.34. The molecular weight excluding hydrogens is 563 g/mol. The predicted octanol–water partition coefficient (Wildman–Crippen LogP) is 12.7. The average Bonchev–Trinajstić information content (AvgIpc) is 3.57. The van der Waals surface area contributed by atoms with Gasteiger partial charge in [-0.05, 0) is 63.5 Å². The van der Waals surface area contributed by atoms with Gasteiger partial charge in [-0.1, -0.05) is 135 Å². The van der Waals surface area contributed by atoms with Gasteiger partial charge in [0.2, 0.25) is 0 Å². The SMILES string of the molecule is CC1(C)c2ccccc2-c2cccc(N(c3ccccc3-c3ccc4c(c3)sc3ccccc34)c3cccc4ccccc34)c21. The second-order valence-electron chi connectivity index (χ2n) is 12.5. The third kappa shape index (κ3) is 3.92. The van der Waals surface area contributed by atoms with Gasteiger partial charge in [0.25, 0.3) is 0 Å². The quantitative estimate of drug-likeness (QED) is 0.196. The first-order valence-electron chi connectivity index (χ1n) is 15.6. The third-order valence-electron chi connectivity index (χ3n) is 9.64. The highest BCUT2D eigenvalue weighted by molar-refractivity contribution is 7.25. The van der Waals surface area contributed by atoms with Gasteiger partial charge in [-0.15, -0.1) is 11.3 Å². The second kappa shape index (κ2) is 9.92. The Morgan fingerprint density at radius 2 is 1.09 bits per heavy atom. The molecule has 1 aromatic heterocycles. The van der Waals surface area contributed by atoms with Crippen molar-refractivity contribution in [2.45, 2.75) is 19.3 Å². The Labute approximate surface area is 267 Å². The third-order valence-corrected chi connectivity index (χ3v) is 10.8. The zero-order chi connectivity index (χ0) is 30.1. The maximum atomic E-state index is 2.53. The van der Waals surface area contributed by atoms with Crippen LogP contribution in [0.5, 0.6) is 0 Å². The van der Waals surface area contributed by atoms with Crippen molar-refractivity contribution in [1.82, 2.24) is 0 Å². The fourth-order valence-corrected chi connectivity index (χ4v) is 8.75. The van der Waals surface area contributed by atoms with Crippen LogP contribution in [0.1, 0.15) is 25.0 Å². The molecule has 0 unspecified atom stereocenters. The highest BCUT2D eigenvalue weighted by Gasteiger charge is 2.39. The van der Waals surface area contributed by atoms with E-state index in [0.29, 0.717) is 0 Å². The molecule has 0 saturated heterocycles. The van der Waals surface area contributed by atoms with Crippen molar-refractivity contribution in [3.63, 3.8) is 0 Å². The topological polar surface area (TPSA) is 3.24 Å². The molecule has 2 heteroatoms. The van der Waals surface area contributed by atoms with Crippen LogP contribution in [0.3, 0.4) is 0 Å². The Morgan fingerprint density at radius 1 is 0.467 bits per heavy atom. The van der Waals surface area contributed by atoms with Gasteiger partial charge >= 0.3 is 0 Å². The predicted molar refractivity (Wildman–Crippen MR) is 195 cm³/mol. The second-order valence-corrected chi connectivity index (χ2v) is 13.6. The molecule has 0 atom stereocenters. The molecule has 0 aliphatic heterocycles. The number of hydrogen-bond acceptors (Lipinski definition) is 2. The number of hydrogen-bond donors (Lipinski definition) is 0. The standard InChI is InChI=1S/C43H31NS/c1-43(2)36-20-8-5-17-32(36)35-19-12-23-39(42(35)43)44(38-22-11-14-28-13-3-4-15-30(28)38)37-21-9-6-16-31(37)29-25-26-34-33-18-7-10-24-40(33)45-41(34)27-29/h3-27H,1-2H3. The number of para-hydroxylation sites is 1. The van der Waals surface area contributed by atoms with E-state index in [4.69, 9.17) is 0 Å². The van der Waals surface area contributed by atoms with E-state index >= 15 is 0 Å². The molecular formula is C43H31NS. The van der Waals surface area contributed by atoms with Crippen molar-refractivity contribution < 1.29 is 0 Å². The minimum Gasteiger partial charge on any atom is -0.309 e. The van der Waals surface area contributed by atoms with Crippen LogP contribution < -0.4 is 4.90 Å². The molecule has 214 valence electrons. The van der Waals surface area contributed by atoms with Crippen molar-refractivity contribution in [1.29, 1.82) is 0 Å². The molecule has 9 rings (SSSR count). The molecule has 0 N–H and O–H groups in total. The summed E-state index contributed by atoms with van der Waals surface area (Å²) in [5, 5.41) is 5.12. The number of fused-ring (bicyclic) bond motifs is 7. The molecule has 1 aliphatic rings. The summed E-state index contributed by atoms with van der Waals surface area (Å²) in [6.45, 7) is 4.76. The molecule has 0 fully saturated rings. The van der Waals surface area contributed by atoms with E-state index in [1.54, 1.807) is 0 Å². The molecule has 0 spiro atoms. The molecule has 0 bridgehead atoms. The largest absolute Gasteiger partial charge is 0.309 e. The fraction of sp³-hybridized carbons (Fsp3) is 0.0698. The molecule has 1 heterocycles. The van der Waals surface area contributed by atoms with Crippen molar-refractivity contribution in [2.24, 2.45) is 0 Å². The van der Waals surface area contributed by atoms with Crippen LogP contribution in [0.15, 0.2) is 152 Å². The number of rotatable bonds is 4. The minimum absolute atomic E-state index is 0.156. The van der Waals surface area contributed by atoms with Crippen LogP contribution in [0, 0.1) is 0 Å². The molecule has 7 aromatic carbocycles. The first-order chi connectivity index (χ1) is 22.1. The summed E-state index contributed by atoms with van der Waals surface area (Å²) >= 11 is 1.87. The lowest BCUT2D eigenvalue weighted by molar-refractivity contribution is 0.661. The molecule has 0 radical (unpaired) electrons. The van der Waals surface area contributed by atoms with Gasteiger partial charge in [0.15, 0.2) is 0 Å². The first kappa shape index (κ1) is 26.2. The maximum Gasteiger partial charge on any atom is 0.0540 e. The summed E-state index contributed by atoms with van der Waals surface area (Å²) in [6.07, 6.45) is 0. The normalized spacial score (nSPS) is 13.3. The number of thiophene rings is 1. The van der Waals surface area contributed by atoms with E-state index in [-0.39, 0.29) is 5.41 Å². The lowest BCUT2D eigenvalue weighted by atomic mass is 9.81. The summed E-state index contributed by atoms with van der Waals surface area (Å²) in [4.78, 5) is 2.53. The van der Waals surface area contributed by atoms with Crippen molar-refractivity contribution in [3.8, 4) is 22.3 Å². The zero-order valence-corrected chi connectivity index (χ0v) is 26.1. The Balaban J connectivity index is 1.33. The van der Waals surface area contributed by atoms with Gasteiger partial charge in [-0.2, -0.15) is 0 Å². The van der Waals surface area contributed by atoms with Crippen LogP contribution in [0.25, 0.3) is 53.2 Å². The van der Waals surface area contributed by atoms with Gasteiger partial charge < -0.3 is 4.90 Å². The molecule has 8 aromatic rings. The highest BCUT2D eigenvalue weighted by atomic mass is 32.1. The Bertz CT molecular complexity index is 2420. The van der Waals surface area contributed by atoms with Crippen LogP contribution >= 0.6 is 11.3 Å². The minimum atomic E-state index is -0.156. The smallest absolute Gasteiger partial charge is 0.0540 e. The van der Waals surface area contributed by atoms with Gasteiger partial charge in [-0.25, -0.2) is 0 Å². The van der Waals surface area contributed by atoms with Gasteiger partial charge in [0.05, 0.1) is 17.1 Å². The van der Waals surface area contributed by atoms with Gasteiger partial charge in [0.1, 0.15) is 0 Å². The van der Waals surface area contributed by atoms with Crippen molar-refractivity contribution >= 4 is 59.3 Å².